The minimum absolute atomic E-state index is 0.0885. The largest absolute Gasteiger partial charge is 0.469 e. The first-order valence-corrected chi connectivity index (χ1v) is 7.67. The summed E-state index contributed by atoms with van der Waals surface area (Å²) in [6.45, 7) is 0. The van der Waals surface area contributed by atoms with Crippen LogP contribution in [0.5, 0.6) is 0 Å². The van der Waals surface area contributed by atoms with Crippen molar-refractivity contribution in [2.45, 2.75) is 25.7 Å². The van der Waals surface area contributed by atoms with E-state index in [4.69, 9.17) is 0 Å². The molecule has 0 aliphatic heterocycles. The topological polar surface area (TPSA) is 55.4 Å². The smallest absolute Gasteiger partial charge is 0.305 e. The summed E-state index contributed by atoms with van der Waals surface area (Å²) < 4.78 is 4.57. The van der Waals surface area contributed by atoms with Crippen LogP contribution in [0, 0.1) is 0 Å². The SMILES string of the molecule is COC(=O)CCCC(=O)Nc1ccccc1Cc1ccccc1. The van der Waals surface area contributed by atoms with Gasteiger partial charge in [0.1, 0.15) is 0 Å². The molecule has 2 aromatic carbocycles. The van der Waals surface area contributed by atoms with Crippen LogP contribution in [0.1, 0.15) is 30.4 Å². The predicted molar refractivity (Wildman–Crippen MR) is 90.2 cm³/mol. The van der Waals surface area contributed by atoms with Gasteiger partial charge in [-0.3, -0.25) is 9.59 Å². The van der Waals surface area contributed by atoms with Crippen molar-refractivity contribution in [3.05, 3.63) is 65.7 Å². The number of rotatable bonds is 7. The van der Waals surface area contributed by atoms with E-state index >= 15 is 0 Å². The number of carbonyl (C=O) groups excluding carboxylic acids is 2. The Kier molecular flexibility index (Phi) is 6.36. The Labute approximate surface area is 136 Å². The molecule has 2 aromatic rings. The lowest BCUT2D eigenvalue weighted by atomic mass is 10.0. The molecular weight excluding hydrogens is 290 g/mol. The molecule has 0 saturated carbocycles. The fraction of sp³-hybridized carbons (Fsp3) is 0.263. The Bertz CT molecular complexity index is 653. The molecule has 0 aliphatic carbocycles. The second-order valence-corrected chi connectivity index (χ2v) is 5.30. The van der Waals surface area contributed by atoms with Gasteiger partial charge in [0.15, 0.2) is 0 Å². The van der Waals surface area contributed by atoms with Gasteiger partial charge in [0, 0.05) is 18.5 Å². The Hall–Kier alpha value is -2.62. The number of ether oxygens (including phenoxy) is 1. The van der Waals surface area contributed by atoms with E-state index < -0.39 is 0 Å². The van der Waals surface area contributed by atoms with E-state index in [1.807, 2.05) is 42.5 Å². The highest BCUT2D eigenvalue weighted by molar-refractivity contribution is 5.91. The Morgan fingerprint density at radius 3 is 2.39 bits per heavy atom. The molecule has 2 rings (SSSR count). The molecule has 0 fully saturated rings. The van der Waals surface area contributed by atoms with Crippen molar-refractivity contribution in [1.29, 1.82) is 0 Å². The quantitative estimate of drug-likeness (QED) is 0.795. The van der Waals surface area contributed by atoms with Gasteiger partial charge in [0.2, 0.25) is 5.91 Å². The van der Waals surface area contributed by atoms with Gasteiger partial charge >= 0.3 is 5.97 Å². The Morgan fingerprint density at radius 2 is 1.65 bits per heavy atom. The van der Waals surface area contributed by atoms with Crippen LogP contribution in [0.3, 0.4) is 0 Å². The first-order valence-electron chi connectivity index (χ1n) is 7.67. The maximum Gasteiger partial charge on any atom is 0.305 e. The maximum absolute atomic E-state index is 12.0. The molecule has 0 unspecified atom stereocenters. The van der Waals surface area contributed by atoms with E-state index in [0.717, 1.165) is 17.7 Å². The molecule has 0 atom stereocenters. The highest BCUT2D eigenvalue weighted by atomic mass is 16.5. The summed E-state index contributed by atoms with van der Waals surface area (Å²) in [7, 11) is 1.35. The number of hydrogen-bond acceptors (Lipinski definition) is 3. The molecule has 1 amide bonds. The van der Waals surface area contributed by atoms with Gasteiger partial charge in [0.05, 0.1) is 7.11 Å². The lowest BCUT2D eigenvalue weighted by molar-refractivity contribution is -0.140. The van der Waals surface area contributed by atoms with E-state index in [-0.39, 0.29) is 18.3 Å². The summed E-state index contributed by atoms with van der Waals surface area (Å²) in [5, 5.41) is 2.93. The van der Waals surface area contributed by atoms with E-state index in [2.05, 4.69) is 22.2 Å². The summed E-state index contributed by atoms with van der Waals surface area (Å²) >= 11 is 0. The van der Waals surface area contributed by atoms with Crippen LogP contribution in [0.25, 0.3) is 0 Å². The molecule has 0 saturated heterocycles. The number of hydrogen-bond donors (Lipinski definition) is 1. The molecule has 0 aliphatic rings. The second kappa shape index (κ2) is 8.73. The van der Waals surface area contributed by atoms with Crippen molar-refractivity contribution in [2.75, 3.05) is 12.4 Å². The standard InChI is InChI=1S/C19H21NO3/c1-23-19(22)13-7-12-18(21)20-17-11-6-5-10-16(17)14-15-8-3-2-4-9-15/h2-6,8-11H,7,12-14H2,1H3,(H,20,21). The number of benzene rings is 2. The first kappa shape index (κ1) is 16.7. The van der Waals surface area contributed by atoms with Crippen LogP contribution in [0.4, 0.5) is 5.69 Å². The van der Waals surface area contributed by atoms with Crippen molar-refractivity contribution in [3.8, 4) is 0 Å². The average molecular weight is 311 g/mol. The van der Waals surface area contributed by atoms with Crippen LogP contribution in [-0.2, 0) is 20.7 Å². The van der Waals surface area contributed by atoms with Gasteiger partial charge in [-0.05, 0) is 30.0 Å². The molecule has 1 N–H and O–H groups in total. The third-order valence-electron chi connectivity index (χ3n) is 3.54. The monoisotopic (exact) mass is 311 g/mol. The van der Waals surface area contributed by atoms with Crippen molar-refractivity contribution in [1.82, 2.24) is 0 Å². The molecule has 0 aromatic heterocycles. The van der Waals surface area contributed by atoms with Crippen molar-refractivity contribution >= 4 is 17.6 Å². The number of anilines is 1. The van der Waals surface area contributed by atoms with E-state index in [9.17, 15) is 9.59 Å². The molecule has 4 heteroatoms. The maximum atomic E-state index is 12.0. The van der Waals surface area contributed by atoms with Crippen LogP contribution in [0.2, 0.25) is 0 Å². The van der Waals surface area contributed by atoms with E-state index in [1.165, 1.54) is 12.7 Å². The summed E-state index contributed by atoms with van der Waals surface area (Å²) in [4.78, 5) is 23.1. The zero-order valence-electron chi connectivity index (χ0n) is 13.2. The summed E-state index contributed by atoms with van der Waals surface area (Å²) in [5.41, 5.74) is 3.08. The second-order valence-electron chi connectivity index (χ2n) is 5.30. The average Bonchev–Trinajstić information content (AvgIpc) is 2.57. The summed E-state index contributed by atoms with van der Waals surface area (Å²) in [5.74, 6) is -0.378. The van der Waals surface area contributed by atoms with Crippen LogP contribution in [-0.4, -0.2) is 19.0 Å². The summed E-state index contributed by atoms with van der Waals surface area (Å²) in [6.07, 6.45) is 1.81. The first-order chi connectivity index (χ1) is 11.2. The third-order valence-corrected chi connectivity index (χ3v) is 3.54. The molecule has 0 bridgehead atoms. The van der Waals surface area contributed by atoms with Crippen LogP contribution >= 0.6 is 0 Å². The fourth-order valence-electron chi connectivity index (χ4n) is 2.32. The molecule has 4 nitrogen and oxygen atoms in total. The van der Waals surface area contributed by atoms with Crippen molar-refractivity contribution < 1.29 is 14.3 Å². The fourth-order valence-corrected chi connectivity index (χ4v) is 2.32. The number of methoxy groups -OCH3 is 1. The predicted octanol–water partition coefficient (Wildman–Crippen LogP) is 3.56. The van der Waals surface area contributed by atoms with Crippen LogP contribution in [0.15, 0.2) is 54.6 Å². The molecular formula is C19H21NO3. The Morgan fingerprint density at radius 1 is 0.957 bits per heavy atom. The minimum atomic E-state index is -0.290. The van der Waals surface area contributed by atoms with Gasteiger partial charge in [-0.1, -0.05) is 48.5 Å². The third kappa shape index (κ3) is 5.58. The molecule has 0 heterocycles. The van der Waals surface area contributed by atoms with Gasteiger partial charge in [-0.15, -0.1) is 0 Å². The highest BCUT2D eigenvalue weighted by Crippen LogP contribution is 2.19. The zero-order chi connectivity index (χ0) is 16.5. The minimum Gasteiger partial charge on any atom is -0.469 e. The molecule has 0 spiro atoms. The molecule has 0 radical (unpaired) electrons. The number of nitrogens with one attached hydrogen (secondary N) is 1. The van der Waals surface area contributed by atoms with Crippen molar-refractivity contribution in [2.24, 2.45) is 0 Å². The number of amides is 1. The normalized spacial score (nSPS) is 10.1. The lowest BCUT2D eigenvalue weighted by Gasteiger charge is -2.11. The van der Waals surface area contributed by atoms with E-state index in [0.29, 0.717) is 12.8 Å². The summed E-state index contributed by atoms with van der Waals surface area (Å²) in [6, 6.07) is 17.9. The number of para-hydroxylation sites is 1. The molecule has 23 heavy (non-hydrogen) atoms. The number of carbonyl (C=O) groups is 2. The molecule has 120 valence electrons. The van der Waals surface area contributed by atoms with Crippen LogP contribution < -0.4 is 5.32 Å². The highest BCUT2D eigenvalue weighted by Gasteiger charge is 2.08. The van der Waals surface area contributed by atoms with Gasteiger partial charge in [-0.25, -0.2) is 0 Å². The van der Waals surface area contributed by atoms with Gasteiger partial charge < -0.3 is 10.1 Å². The lowest BCUT2D eigenvalue weighted by Crippen LogP contribution is -2.13. The number of esters is 1. The zero-order valence-corrected chi connectivity index (χ0v) is 13.2. The van der Waals surface area contributed by atoms with Gasteiger partial charge in [0.25, 0.3) is 0 Å². The van der Waals surface area contributed by atoms with Crippen molar-refractivity contribution in [3.63, 3.8) is 0 Å². The van der Waals surface area contributed by atoms with E-state index in [1.54, 1.807) is 0 Å². The van der Waals surface area contributed by atoms with Gasteiger partial charge in [-0.2, -0.15) is 0 Å². The Balaban J connectivity index is 1.94.